The Bertz CT molecular complexity index is 915. The summed E-state index contributed by atoms with van der Waals surface area (Å²) in [7, 11) is 0. The Hall–Kier alpha value is -4.24. The molecule has 31 heavy (non-hydrogen) atoms. The molecule has 0 heterocycles. The van der Waals surface area contributed by atoms with Gasteiger partial charge in [0.05, 0.1) is 0 Å². The van der Waals surface area contributed by atoms with Gasteiger partial charge in [-0.05, 0) is 47.5 Å². The van der Waals surface area contributed by atoms with Crippen LogP contribution >= 0.6 is 0 Å². The van der Waals surface area contributed by atoms with Crippen molar-refractivity contribution in [3.05, 3.63) is 145 Å². The summed E-state index contributed by atoms with van der Waals surface area (Å²) in [5, 5.41) is 20.4. The molecule has 0 aliphatic heterocycles. The molecule has 0 fully saturated rings. The first-order chi connectivity index (χ1) is 15.2. The number of hydrogen-bond donors (Lipinski definition) is 3. The van der Waals surface area contributed by atoms with E-state index in [9.17, 15) is 0 Å². The Balaban J connectivity index is 0.000000199. The fourth-order valence-corrected chi connectivity index (χ4v) is 2.33. The minimum absolute atomic E-state index is 0.322. The van der Waals surface area contributed by atoms with Crippen molar-refractivity contribution >= 4 is 12.2 Å². The highest BCUT2D eigenvalue weighted by Gasteiger charge is 1.82. The second-order valence-corrected chi connectivity index (χ2v) is 6.33. The van der Waals surface area contributed by atoms with Crippen LogP contribution in [-0.4, -0.2) is 10.2 Å². The van der Waals surface area contributed by atoms with Crippen molar-refractivity contribution in [1.82, 2.24) is 5.32 Å². The zero-order valence-corrected chi connectivity index (χ0v) is 17.3. The molecule has 0 aliphatic rings. The normalized spacial score (nSPS) is 9.94. The molecule has 156 valence electrons. The van der Waals surface area contributed by atoms with Gasteiger partial charge >= 0.3 is 0 Å². The Labute approximate surface area is 184 Å². The molecule has 0 unspecified atom stereocenters. The summed E-state index contributed by atoms with van der Waals surface area (Å²) in [5.74, 6) is 0.644. The summed E-state index contributed by atoms with van der Waals surface area (Å²) >= 11 is 0. The lowest BCUT2D eigenvalue weighted by molar-refractivity contribution is 0.475. The molecule has 4 aromatic rings. The Morgan fingerprint density at radius 1 is 0.419 bits per heavy atom. The second-order valence-electron chi connectivity index (χ2n) is 6.33. The lowest BCUT2D eigenvalue weighted by atomic mass is 10.2. The monoisotopic (exact) mass is 409 g/mol. The third kappa shape index (κ3) is 11.4. The van der Waals surface area contributed by atoms with Crippen LogP contribution in [-0.2, 0) is 0 Å². The van der Waals surface area contributed by atoms with Crippen molar-refractivity contribution < 1.29 is 10.2 Å². The van der Waals surface area contributed by atoms with Gasteiger partial charge in [0.15, 0.2) is 0 Å². The molecule has 0 saturated heterocycles. The Morgan fingerprint density at radius 2 is 0.710 bits per heavy atom. The first-order valence-corrected chi connectivity index (χ1v) is 9.91. The van der Waals surface area contributed by atoms with Crippen molar-refractivity contribution in [2.24, 2.45) is 0 Å². The zero-order chi connectivity index (χ0) is 22.0. The van der Waals surface area contributed by atoms with Gasteiger partial charge in [0.2, 0.25) is 0 Å². The van der Waals surface area contributed by atoms with Crippen molar-refractivity contribution in [2.45, 2.75) is 0 Å². The molecule has 0 aliphatic carbocycles. The molecule has 0 bridgehead atoms. The molecule has 0 amide bonds. The molecule has 3 nitrogen and oxygen atoms in total. The summed E-state index contributed by atoms with van der Waals surface area (Å²) in [6.07, 6.45) is 7.92. The van der Waals surface area contributed by atoms with E-state index in [1.165, 1.54) is 11.1 Å². The standard InChI is InChI=1S/C16H15N.2C6H6O/c1-3-7-15(8-4-1)11-13-17-14-12-16-9-5-2-6-10-16;2*7-6-4-2-1-3-5-6/h1-14,17H;2*1-5,7H. The fourth-order valence-electron chi connectivity index (χ4n) is 2.33. The molecule has 3 N–H and O–H groups in total. The van der Waals surface area contributed by atoms with Gasteiger partial charge in [-0.25, -0.2) is 0 Å². The molecule has 3 heteroatoms. The summed E-state index contributed by atoms with van der Waals surface area (Å²) in [5.41, 5.74) is 2.38. The van der Waals surface area contributed by atoms with Gasteiger partial charge in [-0.1, -0.05) is 97.1 Å². The van der Waals surface area contributed by atoms with E-state index in [0.29, 0.717) is 11.5 Å². The SMILES string of the molecule is C(=Cc1ccccc1)NC=Cc1ccccc1.Oc1ccccc1.Oc1ccccc1. The van der Waals surface area contributed by atoms with Crippen LogP contribution in [0.3, 0.4) is 0 Å². The van der Waals surface area contributed by atoms with E-state index < -0.39 is 0 Å². The number of rotatable bonds is 4. The van der Waals surface area contributed by atoms with E-state index in [4.69, 9.17) is 10.2 Å². The Morgan fingerprint density at radius 3 is 0.968 bits per heavy atom. The largest absolute Gasteiger partial charge is 0.508 e. The highest BCUT2D eigenvalue weighted by Crippen LogP contribution is 2.04. The number of aromatic hydroxyl groups is 2. The first-order valence-electron chi connectivity index (χ1n) is 9.91. The van der Waals surface area contributed by atoms with E-state index in [2.05, 4.69) is 29.6 Å². The second kappa shape index (κ2) is 14.7. The molecule has 0 atom stereocenters. The molecule has 0 radical (unpaired) electrons. The first kappa shape index (κ1) is 23.0. The lowest BCUT2D eigenvalue weighted by Gasteiger charge is -1.93. The lowest BCUT2D eigenvalue weighted by Crippen LogP contribution is -1.90. The predicted octanol–water partition coefficient (Wildman–Crippen LogP) is 6.70. The average Bonchev–Trinajstić information content (AvgIpc) is 2.82. The van der Waals surface area contributed by atoms with Crippen molar-refractivity contribution in [2.75, 3.05) is 0 Å². The zero-order valence-electron chi connectivity index (χ0n) is 17.3. The van der Waals surface area contributed by atoms with E-state index in [1.54, 1.807) is 48.5 Å². The third-order valence-corrected chi connectivity index (χ3v) is 3.86. The molecular weight excluding hydrogens is 382 g/mol. The van der Waals surface area contributed by atoms with Crippen LogP contribution in [0, 0.1) is 0 Å². The molecule has 0 saturated carbocycles. The number of phenolic OH excluding ortho intramolecular Hbond substituents is 2. The van der Waals surface area contributed by atoms with Crippen LogP contribution < -0.4 is 5.32 Å². The van der Waals surface area contributed by atoms with Gasteiger partial charge in [-0.3, -0.25) is 0 Å². The number of para-hydroxylation sites is 2. The van der Waals surface area contributed by atoms with Gasteiger partial charge < -0.3 is 15.5 Å². The molecule has 0 spiro atoms. The highest BCUT2D eigenvalue weighted by atomic mass is 16.3. The summed E-state index contributed by atoms with van der Waals surface area (Å²) in [6.45, 7) is 0. The maximum Gasteiger partial charge on any atom is 0.115 e. The van der Waals surface area contributed by atoms with Gasteiger partial charge in [0.1, 0.15) is 11.5 Å². The number of nitrogens with one attached hydrogen (secondary N) is 1. The van der Waals surface area contributed by atoms with Gasteiger partial charge in [-0.2, -0.15) is 0 Å². The van der Waals surface area contributed by atoms with Crippen LogP contribution in [0.4, 0.5) is 0 Å². The van der Waals surface area contributed by atoms with Gasteiger partial charge in [0, 0.05) is 12.4 Å². The third-order valence-electron chi connectivity index (χ3n) is 3.86. The quantitative estimate of drug-likeness (QED) is 0.351. The minimum Gasteiger partial charge on any atom is -0.508 e. The average molecular weight is 410 g/mol. The van der Waals surface area contributed by atoms with Crippen LogP contribution in [0.5, 0.6) is 11.5 Å². The van der Waals surface area contributed by atoms with Gasteiger partial charge in [-0.15, -0.1) is 0 Å². The maximum absolute atomic E-state index is 8.63. The molecular formula is C28H27NO2. The number of phenols is 2. The van der Waals surface area contributed by atoms with E-state index >= 15 is 0 Å². The van der Waals surface area contributed by atoms with Crippen molar-refractivity contribution in [3.8, 4) is 11.5 Å². The molecule has 0 aromatic heterocycles. The topological polar surface area (TPSA) is 52.5 Å². The smallest absolute Gasteiger partial charge is 0.115 e. The van der Waals surface area contributed by atoms with Crippen LogP contribution in [0.15, 0.2) is 134 Å². The maximum atomic E-state index is 8.63. The number of benzene rings is 4. The highest BCUT2D eigenvalue weighted by molar-refractivity contribution is 5.51. The minimum atomic E-state index is 0.322. The molecule has 4 aromatic carbocycles. The van der Waals surface area contributed by atoms with Crippen molar-refractivity contribution in [3.63, 3.8) is 0 Å². The van der Waals surface area contributed by atoms with Crippen molar-refractivity contribution in [1.29, 1.82) is 0 Å². The fraction of sp³-hybridized carbons (Fsp3) is 0. The summed E-state index contributed by atoms with van der Waals surface area (Å²) < 4.78 is 0. The summed E-state index contributed by atoms with van der Waals surface area (Å²) in [6, 6.07) is 37.8. The van der Waals surface area contributed by atoms with E-state index in [0.717, 1.165) is 0 Å². The molecule has 4 rings (SSSR count). The van der Waals surface area contributed by atoms with E-state index in [-0.39, 0.29) is 0 Å². The summed E-state index contributed by atoms with van der Waals surface area (Å²) in [4.78, 5) is 0. The van der Waals surface area contributed by atoms with Crippen LogP contribution in [0.2, 0.25) is 0 Å². The number of hydrogen-bond acceptors (Lipinski definition) is 3. The predicted molar refractivity (Wildman–Crippen MR) is 130 cm³/mol. The van der Waals surface area contributed by atoms with E-state index in [1.807, 2.05) is 73.1 Å². The van der Waals surface area contributed by atoms with Gasteiger partial charge in [0.25, 0.3) is 0 Å². The van der Waals surface area contributed by atoms with Crippen LogP contribution in [0.1, 0.15) is 11.1 Å². The Kier molecular flexibility index (Phi) is 10.9. The van der Waals surface area contributed by atoms with Crippen LogP contribution in [0.25, 0.3) is 12.2 Å².